The molecular weight excluding hydrogens is 634 g/mol. The molecule has 0 saturated heterocycles. The molecule has 2 atom stereocenters. The maximum atomic E-state index is 14.0. The first-order valence-electron chi connectivity index (χ1n) is 15.7. The molecule has 0 saturated carbocycles. The van der Waals surface area contributed by atoms with Crippen molar-refractivity contribution in [3.05, 3.63) is 46.9 Å². The first-order valence-corrected chi connectivity index (χ1v) is 18.6. The van der Waals surface area contributed by atoms with E-state index in [9.17, 15) is 24.6 Å². The van der Waals surface area contributed by atoms with Gasteiger partial charge in [-0.15, -0.1) is 0 Å². The molecule has 11 nitrogen and oxygen atoms in total. The lowest BCUT2D eigenvalue weighted by Crippen LogP contribution is -2.53. The predicted molar refractivity (Wildman–Crippen MR) is 184 cm³/mol. The third-order valence-electron chi connectivity index (χ3n) is 6.99. The second kappa shape index (κ2) is 14.3. The number of rotatable bonds is 5. The van der Waals surface area contributed by atoms with Gasteiger partial charge in [-0.2, -0.15) is 4.90 Å². The minimum Gasteiger partial charge on any atom is -0.443 e. The molecule has 2 bridgehead atoms. The van der Waals surface area contributed by atoms with Crippen molar-refractivity contribution >= 4 is 26.7 Å². The minimum atomic E-state index is -2.81. The van der Waals surface area contributed by atoms with Gasteiger partial charge < -0.3 is 33.6 Å². The van der Waals surface area contributed by atoms with Crippen molar-refractivity contribution in [2.45, 2.75) is 130 Å². The number of fused-ring (bicyclic) bond motifs is 2. The summed E-state index contributed by atoms with van der Waals surface area (Å²) in [5.74, 6) is 10.9. The molecule has 0 heterocycles. The molecular formula is C36H51NO10Si. The Kier molecular flexibility index (Phi) is 12.1. The lowest BCUT2D eigenvalue weighted by atomic mass is 9.79. The largest absolute Gasteiger partial charge is 0.514 e. The molecule has 12 heteroatoms. The fraction of sp³-hybridized carbons (Fsp3) is 0.583. The number of carbonyl (C=O) groups excluding carboxylic acids is 3. The van der Waals surface area contributed by atoms with Crippen molar-refractivity contribution in [3.8, 4) is 23.7 Å². The van der Waals surface area contributed by atoms with Crippen molar-refractivity contribution in [1.29, 1.82) is 0 Å². The Labute approximate surface area is 286 Å². The third-order valence-corrected chi connectivity index (χ3v) is 11.4. The molecule has 0 radical (unpaired) electrons. The van der Waals surface area contributed by atoms with Crippen LogP contribution >= 0.6 is 0 Å². The Morgan fingerprint density at radius 3 is 1.83 bits per heavy atom. The summed E-state index contributed by atoms with van der Waals surface area (Å²) in [5, 5.41) is 21.8. The fourth-order valence-corrected chi connectivity index (χ4v) is 5.49. The molecule has 0 unspecified atom stereocenters. The zero-order valence-corrected chi connectivity index (χ0v) is 31.7. The van der Waals surface area contributed by atoms with Crippen LogP contribution in [0.2, 0.25) is 18.1 Å². The van der Waals surface area contributed by atoms with E-state index in [1.807, 2.05) is 33.9 Å². The monoisotopic (exact) mass is 685 g/mol. The average Bonchev–Trinajstić information content (AvgIpc) is 2.84. The van der Waals surface area contributed by atoms with Gasteiger partial charge in [0.05, 0.1) is 6.61 Å². The van der Waals surface area contributed by atoms with E-state index in [0.29, 0.717) is 4.90 Å². The van der Waals surface area contributed by atoms with E-state index in [2.05, 4.69) is 23.7 Å². The van der Waals surface area contributed by atoms with Crippen LogP contribution in [0.3, 0.4) is 0 Å². The maximum Gasteiger partial charge on any atom is 0.514 e. The van der Waals surface area contributed by atoms with Crippen LogP contribution in [0, 0.1) is 23.7 Å². The van der Waals surface area contributed by atoms with Crippen LogP contribution in [0.15, 0.2) is 46.9 Å². The molecule has 0 fully saturated rings. The molecule has 2 aliphatic rings. The van der Waals surface area contributed by atoms with Crippen LogP contribution in [-0.2, 0) is 23.4 Å². The molecule has 2 amide bonds. The highest BCUT2D eigenvalue weighted by Crippen LogP contribution is 2.48. The lowest BCUT2D eigenvalue weighted by molar-refractivity contribution is -0.00375. The summed E-state index contributed by atoms with van der Waals surface area (Å²) in [4.78, 5) is 41.9. The Morgan fingerprint density at radius 1 is 0.875 bits per heavy atom. The SMILES string of the molecule is CC(C)(C)OC(=O)OC1=C[C@]2(O[Si](C)(C)C(C)(C)C)C#C/C=C\C#C[C@@H](O)C(=C1N(C(=O)OC(C)(C)C)C(=O)OC(C)(C)C)C2=CCO. The highest BCUT2D eigenvalue weighted by molar-refractivity contribution is 6.74. The Morgan fingerprint density at radius 2 is 1.38 bits per heavy atom. The van der Waals surface area contributed by atoms with E-state index in [4.69, 9.17) is 23.4 Å². The molecule has 0 aromatic rings. The molecule has 2 aliphatic carbocycles. The van der Waals surface area contributed by atoms with Crippen molar-refractivity contribution in [2.75, 3.05) is 6.61 Å². The summed E-state index contributed by atoms with van der Waals surface area (Å²) in [6, 6.07) is 0. The molecule has 264 valence electrons. The quantitative estimate of drug-likeness (QED) is 0.136. The maximum absolute atomic E-state index is 14.0. The Balaban J connectivity index is 3.26. The van der Waals surface area contributed by atoms with E-state index in [-0.39, 0.29) is 16.2 Å². The van der Waals surface area contributed by atoms with Crippen LogP contribution in [0.1, 0.15) is 83.1 Å². The van der Waals surface area contributed by atoms with E-state index in [1.54, 1.807) is 62.3 Å². The smallest absolute Gasteiger partial charge is 0.443 e. The molecule has 0 aliphatic heterocycles. The summed E-state index contributed by atoms with van der Waals surface area (Å²) in [5.41, 5.74) is -5.57. The lowest BCUT2D eigenvalue weighted by Gasteiger charge is -2.46. The molecule has 0 spiro atoms. The van der Waals surface area contributed by atoms with Gasteiger partial charge in [0, 0.05) is 17.2 Å². The summed E-state index contributed by atoms with van der Waals surface area (Å²) in [7, 11) is -2.81. The zero-order valence-electron chi connectivity index (χ0n) is 30.7. The summed E-state index contributed by atoms with van der Waals surface area (Å²) < 4.78 is 29.5. The zero-order chi connectivity index (χ0) is 37.1. The first-order chi connectivity index (χ1) is 21.6. The fourth-order valence-electron chi connectivity index (χ4n) is 4.16. The van der Waals surface area contributed by atoms with Crippen LogP contribution in [0.25, 0.3) is 0 Å². The van der Waals surface area contributed by atoms with Gasteiger partial charge in [-0.1, -0.05) is 50.5 Å². The van der Waals surface area contributed by atoms with Gasteiger partial charge in [0.1, 0.15) is 28.6 Å². The third kappa shape index (κ3) is 10.6. The van der Waals surface area contributed by atoms with E-state index >= 15 is 0 Å². The number of carbonyl (C=O) groups is 3. The number of nitrogens with zero attached hydrogens (tertiary/aromatic N) is 1. The van der Waals surface area contributed by atoms with Crippen LogP contribution < -0.4 is 0 Å². The van der Waals surface area contributed by atoms with Crippen molar-refractivity contribution in [2.24, 2.45) is 0 Å². The molecule has 2 rings (SSSR count). The van der Waals surface area contributed by atoms with Crippen molar-refractivity contribution < 1.29 is 48.0 Å². The summed E-state index contributed by atoms with van der Waals surface area (Å²) >= 11 is 0. The number of amides is 2. The van der Waals surface area contributed by atoms with Crippen LogP contribution in [0.5, 0.6) is 0 Å². The molecule has 48 heavy (non-hydrogen) atoms. The Bertz CT molecular complexity index is 1510. The van der Waals surface area contributed by atoms with Gasteiger partial charge in [-0.05, 0) is 92.6 Å². The van der Waals surface area contributed by atoms with Gasteiger partial charge in [-0.3, -0.25) is 0 Å². The van der Waals surface area contributed by atoms with Crippen LogP contribution in [-0.4, -0.2) is 76.9 Å². The minimum absolute atomic E-state index is 0.0723. The van der Waals surface area contributed by atoms with E-state index in [1.165, 1.54) is 24.3 Å². The van der Waals surface area contributed by atoms with E-state index < -0.39 is 73.2 Å². The number of imide groups is 1. The number of ether oxygens (including phenoxy) is 4. The second-order valence-electron chi connectivity index (χ2n) is 15.8. The van der Waals surface area contributed by atoms with Gasteiger partial charge in [-0.25, -0.2) is 14.4 Å². The standard InChI is InChI=1S/C36H51NO10Si/c1-32(2,3)44-29(40)37(30(41)45-33(4,5)6)28-26(43-31(42)46-34(7,8)9)23-36(47-48(13,14)35(10,11)12)21-18-16-15-17-19-25(39)27(28)24(36)20-22-38/h15-16,20,23,25,38-39H,22H2,1-14H3/b16-15-,24-20?/t25-,36-/m1/s1. The molecule has 0 aromatic heterocycles. The summed E-state index contributed by atoms with van der Waals surface area (Å²) in [6.45, 7) is 23.9. The number of hydrogen-bond donors (Lipinski definition) is 2. The van der Waals surface area contributed by atoms with Gasteiger partial charge in [0.25, 0.3) is 0 Å². The highest BCUT2D eigenvalue weighted by atomic mass is 28.4. The van der Waals surface area contributed by atoms with Gasteiger partial charge >= 0.3 is 18.3 Å². The summed E-state index contributed by atoms with van der Waals surface area (Å²) in [6.07, 6.45) is 0.225. The second-order valence-corrected chi connectivity index (χ2v) is 20.6. The predicted octanol–water partition coefficient (Wildman–Crippen LogP) is 6.88. The number of allylic oxidation sites excluding steroid dienone is 2. The molecule has 2 N–H and O–H groups in total. The van der Waals surface area contributed by atoms with Crippen molar-refractivity contribution in [1.82, 2.24) is 4.90 Å². The highest BCUT2D eigenvalue weighted by Gasteiger charge is 2.52. The van der Waals surface area contributed by atoms with Gasteiger partial charge in [0.15, 0.2) is 19.7 Å². The number of hydrogen-bond acceptors (Lipinski definition) is 10. The topological polar surface area (TPSA) is 141 Å². The molecule has 0 aromatic carbocycles. The van der Waals surface area contributed by atoms with Crippen LogP contribution in [0.4, 0.5) is 14.4 Å². The Hall–Kier alpha value is -3.81. The average molecular weight is 686 g/mol. The normalized spacial score (nSPS) is 21.5. The number of aliphatic hydroxyl groups excluding tert-OH is 2. The van der Waals surface area contributed by atoms with Gasteiger partial charge in [0.2, 0.25) is 0 Å². The van der Waals surface area contributed by atoms with E-state index in [0.717, 1.165) is 0 Å². The first kappa shape index (κ1) is 40.4. The van der Waals surface area contributed by atoms with Crippen molar-refractivity contribution in [3.63, 3.8) is 0 Å². The number of aliphatic hydroxyl groups is 2.